The van der Waals surface area contributed by atoms with Crippen molar-refractivity contribution in [2.75, 3.05) is 33.8 Å². The Kier molecular flexibility index (Phi) is 5.12. The molecular weight excluding hydrogens is 356 g/mol. The number of carbonyl (C=O) groups is 1. The van der Waals surface area contributed by atoms with Gasteiger partial charge in [0, 0.05) is 30.7 Å². The molecule has 0 spiro atoms. The Hall–Kier alpha value is -2.38. The largest absolute Gasteiger partial charge is 0.497 e. The molecule has 2 aromatic rings. The number of methoxy groups -OCH3 is 1. The number of hydrogen-bond acceptors (Lipinski definition) is 5. The van der Waals surface area contributed by atoms with Gasteiger partial charge in [-0.15, -0.1) is 0 Å². The number of piperidine rings is 2. The van der Waals surface area contributed by atoms with Crippen LogP contribution < -0.4 is 4.74 Å². The minimum Gasteiger partial charge on any atom is -0.497 e. The fraction of sp³-hybridized carbons (Fsp3) is 0.524. The molecule has 2 fully saturated rings. The summed E-state index contributed by atoms with van der Waals surface area (Å²) in [5, 5.41) is 9.95. The summed E-state index contributed by atoms with van der Waals surface area (Å²) in [4.78, 5) is 21.2. The van der Waals surface area contributed by atoms with Crippen molar-refractivity contribution in [3.8, 4) is 11.4 Å². The van der Waals surface area contributed by atoms with Gasteiger partial charge in [0.25, 0.3) is 0 Å². The van der Waals surface area contributed by atoms with Gasteiger partial charge in [-0.05, 0) is 63.7 Å². The molecule has 2 atom stereocenters. The molecule has 2 aliphatic heterocycles. The van der Waals surface area contributed by atoms with E-state index in [0.717, 1.165) is 49.7 Å². The second kappa shape index (κ2) is 7.56. The lowest BCUT2D eigenvalue weighted by molar-refractivity contribution is -0.162. The van der Waals surface area contributed by atoms with E-state index in [2.05, 4.69) is 26.4 Å². The van der Waals surface area contributed by atoms with E-state index < -0.39 is 11.4 Å². The van der Waals surface area contributed by atoms with E-state index in [9.17, 15) is 9.90 Å². The molecule has 0 bridgehead atoms. The monoisotopic (exact) mass is 384 g/mol. The van der Waals surface area contributed by atoms with Gasteiger partial charge < -0.3 is 19.3 Å². The number of fused-ring (bicyclic) bond motifs is 1. The van der Waals surface area contributed by atoms with Crippen molar-refractivity contribution in [3.05, 3.63) is 42.5 Å². The van der Waals surface area contributed by atoms with E-state index in [-0.39, 0.29) is 6.04 Å². The molecule has 28 heavy (non-hydrogen) atoms. The van der Waals surface area contributed by atoms with Crippen LogP contribution in [-0.4, -0.2) is 70.3 Å². The third-order valence-electron chi connectivity index (χ3n) is 6.47. The molecule has 1 aromatic heterocycles. The molecule has 4 rings (SSSR count). The van der Waals surface area contributed by atoms with Crippen LogP contribution in [0.4, 0.5) is 0 Å². The number of aliphatic carboxylic acids is 1. The van der Waals surface area contributed by atoms with Crippen LogP contribution in [0.2, 0.25) is 0 Å². The summed E-state index contributed by atoms with van der Waals surface area (Å²) in [7, 11) is 3.72. The minimum atomic E-state index is -0.636. The van der Waals surface area contributed by atoms with Crippen molar-refractivity contribution < 1.29 is 14.6 Å². The van der Waals surface area contributed by atoms with E-state index in [0.29, 0.717) is 13.0 Å². The smallest absolute Gasteiger partial charge is 0.311 e. The van der Waals surface area contributed by atoms with Crippen LogP contribution >= 0.6 is 0 Å². The highest BCUT2D eigenvalue weighted by molar-refractivity contribution is 5.76. The first-order valence-corrected chi connectivity index (χ1v) is 9.86. The van der Waals surface area contributed by atoms with Crippen LogP contribution in [-0.2, 0) is 11.3 Å². The maximum atomic E-state index is 12.1. The fourth-order valence-electron chi connectivity index (χ4n) is 4.82. The Bertz CT molecular complexity index is 834. The molecule has 3 heterocycles. The number of nitrogens with zero attached hydrogens (tertiary/aromatic N) is 4. The quantitative estimate of drug-likeness (QED) is 0.853. The van der Waals surface area contributed by atoms with Crippen molar-refractivity contribution in [2.45, 2.75) is 31.8 Å². The third-order valence-corrected chi connectivity index (χ3v) is 6.47. The number of likely N-dealkylation sites (N-methyl/N-ethyl adjacent to an activating group) is 1. The predicted molar refractivity (Wildman–Crippen MR) is 106 cm³/mol. The highest BCUT2D eigenvalue weighted by Gasteiger charge is 2.52. The summed E-state index contributed by atoms with van der Waals surface area (Å²) >= 11 is 0. The molecule has 0 unspecified atom stereocenters. The first kappa shape index (κ1) is 19.0. The average Bonchev–Trinajstić information content (AvgIpc) is 3.16. The van der Waals surface area contributed by atoms with Crippen molar-refractivity contribution in [1.29, 1.82) is 0 Å². The van der Waals surface area contributed by atoms with E-state index in [4.69, 9.17) is 4.74 Å². The van der Waals surface area contributed by atoms with Gasteiger partial charge in [-0.1, -0.05) is 0 Å². The van der Waals surface area contributed by atoms with Gasteiger partial charge in [0.05, 0.1) is 19.1 Å². The van der Waals surface area contributed by atoms with Crippen LogP contribution in [0, 0.1) is 5.41 Å². The Labute approximate surface area is 165 Å². The highest BCUT2D eigenvalue weighted by Crippen LogP contribution is 2.42. The van der Waals surface area contributed by atoms with E-state index in [1.165, 1.54) is 0 Å². The molecule has 2 aliphatic rings. The zero-order valence-corrected chi connectivity index (χ0v) is 16.5. The number of rotatable bonds is 5. The highest BCUT2D eigenvalue weighted by atomic mass is 16.5. The minimum absolute atomic E-state index is 0.0527. The van der Waals surface area contributed by atoms with Crippen molar-refractivity contribution in [3.63, 3.8) is 0 Å². The number of aromatic nitrogens is 2. The maximum Gasteiger partial charge on any atom is 0.311 e. The van der Waals surface area contributed by atoms with E-state index in [1.54, 1.807) is 7.11 Å². The number of carboxylic acid groups (broad SMARTS) is 1. The molecule has 7 nitrogen and oxygen atoms in total. The Morgan fingerprint density at radius 1 is 1.29 bits per heavy atom. The normalized spacial score (nSPS) is 26.0. The summed E-state index contributed by atoms with van der Waals surface area (Å²) < 4.78 is 7.33. The van der Waals surface area contributed by atoms with Crippen molar-refractivity contribution >= 4 is 5.97 Å². The van der Waals surface area contributed by atoms with Gasteiger partial charge in [0.1, 0.15) is 11.6 Å². The van der Waals surface area contributed by atoms with Crippen molar-refractivity contribution in [1.82, 2.24) is 19.4 Å². The third kappa shape index (κ3) is 3.29. The van der Waals surface area contributed by atoms with E-state index in [1.807, 2.05) is 36.7 Å². The standard InChI is InChI=1S/C21H28N4O3/c1-23-11-3-8-21(20(26)27)9-12-24(14-18(21)23)15-19-22-10-13-25(19)16-4-6-17(28-2)7-5-16/h4-7,10,13,18H,3,8-9,11-12,14-15H2,1-2H3,(H,26,27)/t18-,21+/m1/s1. The first-order chi connectivity index (χ1) is 13.5. The number of hydrogen-bond donors (Lipinski definition) is 1. The zero-order chi connectivity index (χ0) is 19.7. The Morgan fingerprint density at radius 3 is 2.79 bits per heavy atom. The molecular formula is C21H28N4O3. The van der Waals surface area contributed by atoms with Gasteiger partial charge in [-0.25, -0.2) is 4.98 Å². The lowest BCUT2D eigenvalue weighted by Crippen LogP contribution is -2.62. The molecule has 1 aromatic carbocycles. The molecule has 0 radical (unpaired) electrons. The van der Waals surface area contributed by atoms with Gasteiger partial charge >= 0.3 is 5.97 Å². The molecule has 0 amide bonds. The number of imidazole rings is 1. The Balaban J connectivity index is 1.52. The maximum absolute atomic E-state index is 12.1. The SMILES string of the molecule is COc1ccc(-n2ccnc2CN2CC[C@@]3(C(=O)O)CCCN(C)[C@@H]3C2)cc1. The van der Waals surface area contributed by atoms with Gasteiger partial charge in [0.2, 0.25) is 0 Å². The summed E-state index contributed by atoms with van der Waals surface area (Å²) in [5.41, 5.74) is 0.439. The predicted octanol–water partition coefficient (Wildman–Crippen LogP) is 2.25. The fourth-order valence-corrected chi connectivity index (χ4v) is 4.82. The van der Waals surface area contributed by atoms with Crippen molar-refractivity contribution in [2.24, 2.45) is 5.41 Å². The van der Waals surface area contributed by atoms with Crippen LogP contribution in [0.15, 0.2) is 36.7 Å². The van der Waals surface area contributed by atoms with Crippen LogP contribution in [0.3, 0.4) is 0 Å². The lowest BCUT2D eigenvalue weighted by Gasteiger charge is -2.51. The number of ether oxygens (including phenoxy) is 1. The zero-order valence-electron chi connectivity index (χ0n) is 16.5. The summed E-state index contributed by atoms with van der Waals surface area (Å²) in [6, 6.07) is 7.97. The topological polar surface area (TPSA) is 70.8 Å². The van der Waals surface area contributed by atoms with Crippen LogP contribution in [0.5, 0.6) is 5.75 Å². The first-order valence-electron chi connectivity index (χ1n) is 9.86. The number of carboxylic acids is 1. The van der Waals surface area contributed by atoms with Crippen LogP contribution in [0.25, 0.3) is 5.69 Å². The average molecular weight is 384 g/mol. The summed E-state index contributed by atoms with van der Waals surface area (Å²) in [6.45, 7) is 3.22. The number of benzene rings is 1. The molecule has 1 N–H and O–H groups in total. The van der Waals surface area contributed by atoms with Crippen LogP contribution in [0.1, 0.15) is 25.1 Å². The summed E-state index contributed by atoms with van der Waals surface area (Å²) in [5.74, 6) is 1.15. The molecule has 0 saturated carbocycles. The molecule has 150 valence electrons. The second-order valence-corrected chi connectivity index (χ2v) is 7.96. The van der Waals surface area contributed by atoms with E-state index >= 15 is 0 Å². The Morgan fingerprint density at radius 2 is 2.07 bits per heavy atom. The summed E-state index contributed by atoms with van der Waals surface area (Å²) in [6.07, 6.45) is 6.22. The molecule has 2 saturated heterocycles. The second-order valence-electron chi connectivity index (χ2n) is 7.96. The lowest BCUT2D eigenvalue weighted by atomic mass is 9.68. The van der Waals surface area contributed by atoms with Gasteiger partial charge in [0.15, 0.2) is 0 Å². The molecule has 7 heteroatoms. The number of likely N-dealkylation sites (tertiary alicyclic amines) is 2. The molecule has 0 aliphatic carbocycles. The van der Waals surface area contributed by atoms with Gasteiger partial charge in [-0.3, -0.25) is 9.69 Å². The van der Waals surface area contributed by atoms with Gasteiger partial charge in [-0.2, -0.15) is 0 Å².